The molecule has 2 fully saturated rings. The Labute approximate surface area is 161 Å². The smallest absolute Gasteiger partial charge is 0.234 e. The topological polar surface area (TPSA) is 57.3 Å². The van der Waals surface area contributed by atoms with Crippen LogP contribution in [0, 0.1) is 0 Å². The molecule has 7 heteroatoms. The molecule has 2 saturated heterocycles. The van der Waals surface area contributed by atoms with Gasteiger partial charge in [0.05, 0.1) is 6.54 Å². The van der Waals surface area contributed by atoms with Gasteiger partial charge >= 0.3 is 0 Å². The minimum absolute atomic E-state index is 0.151. The number of ether oxygens (including phenoxy) is 2. The summed E-state index contributed by atoms with van der Waals surface area (Å²) in [6, 6.07) is 6.16. The Morgan fingerprint density at radius 2 is 1.67 bits per heavy atom. The molecule has 0 unspecified atom stereocenters. The molecule has 7 nitrogen and oxygen atoms in total. The van der Waals surface area contributed by atoms with E-state index in [2.05, 4.69) is 32.1 Å². The molecule has 148 valence electrons. The average molecular weight is 374 g/mol. The Kier molecular flexibility index (Phi) is 6.11. The number of hydrogen-bond acceptors (Lipinski definition) is 6. The minimum Gasteiger partial charge on any atom is -0.454 e. The highest BCUT2D eigenvalue weighted by molar-refractivity contribution is 5.78. The summed E-state index contributed by atoms with van der Waals surface area (Å²) >= 11 is 0. The maximum Gasteiger partial charge on any atom is 0.234 e. The summed E-state index contributed by atoms with van der Waals surface area (Å²) in [5.41, 5.74) is 1.24. The Bertz CT molecular complexity index is 640. The first-order valence-electron chi connectivity index (χ1n) is 10.1. The molecule has 0 saturated carbocycles. The SMILES string of the molecule is O=C(CN1CCN(Cc2ccc3c(c2)OCO3)CC1)NCCN1CCCC1. The van der Waals surface area contributed by atoms with Crippen molar-refractivity contribution in [3.8, 4) is 11.5 Å². The molecule has 27 heavy (non-hydrogen) atoms. The lowest BCUT2D eigenvalue weighted by atomic mass is 10.1. The molecule has 1 N–H and O–H groups in total. The number of likely N-dealkylation sites (tertiary alicyclic amines) is 1. The van der Waals surface area contributed by atoms with E-state index < -0.39 is 0 Å². The Hall–Kier alpha value is -1.83. The Balaban J connectivity index is 1.14. The second kappa shape index (κ2) is 8.91. The second-order valence-electron chi connectivity index (χ2n) is 7.64. The van der Waals surface area contributed by atoms with Crippen LogP contribution in [0.3, 0.4) is 0 Å². The van der Waals surface area contributed by atoms with Crippen molar-refractivity contribution in [1.29, 1.82) is 0 Å². The maximum absolute atomic E-state index is 12.2. The van der Waals surface area contributed by atoms with Crippen LogP contribution in [-0.2, 0) is 11.3 Å². The average Bonchev–Trinajstić information content (AvgIpc) is 3.34. The predicted molar refractivity (Wildman–Crippen MR) is 103 cm³/mol. The van der Waals surface area contributed by atoms with Gasteiger partial charge in [-0.05, 0) is 43.6 Å². The molecule has 4 rings (SSSR count). The summed E-state index contributed by atoms with van der Waals surface area (Å²) in [6.07, 6.45) is 2.59. The second-order valence-corrected chi connectivity index (χ2v) is 7.64. The van der Waals surface area contributed by atoms with Crippen molar-refractivity contribution in [3.05, 3.63) is 23.8 Å². The fourth-order valence-corrected chi connectivity index (χ4v) is 4.02. The minimum atomic E-state index is 0.151. The third kappa shape index (κ3) is 5.12. The van der Waals surface area contributed by atoms with Crippen molar-refractivity contribution in [2.75, 3.05) is 65.7 Å². The number of fused-ring (bicyclic) bond motifs is 1. The van der Waals surface area contributed by atoms with Crippen LogP contribution < -0.4 is 14.8 Å². The van der Waals surface area contributed by atoms with Crippen LogP contribution in [-0.4, -0.2) is 86.3 Å². The third-order valence-corrected chi connectivity index (χ3v) is 5.62. The van der Waals surface area contributed by atoms with Gasteiger partial charge in [0.25, 0.3) is 0 Å². The van der Waals surface area contributed by atoms with Gasteiger partial charge in [0, 0.05) is 45.8 Å². The van der Waals surface area contributed by atoms with E-state index in [0.29, 0.717) is 13.3 Å². The molecule has 1 aromatic carbocycles. The van der Waals surface area contributed by atoms with E-state index in [0.717, 1.165) is 57.3 Å². The molecule has 0 atom stereocenters. The van der Waals surface area contributed by atoms with Gasteiger partial charge in [-0.1, -0.05) is 6.07 Å². The number of nitrogens with one attached hydrogen (secondary N) is 1. The first kappa shape index (κ1) is 18.5. The molecule has 1 amide bonds. The van der Waals surface area contributed by atoms with E-state index in [-0.39, 0.29) is 5.91 Å². The molecule has 0 bridgehead atoms. The van der Waals surface area contributed by atoms with Crippen molar-refractivity contribution in [1.82, 2.24) is 20.0 Å². The summed E-state index contributed by atoms with van der Waals surface area (Å²) in [6.45, 7) is 9.68. The molecule has 0 aliphatic carbocycles. The van der Waals surface area contributed by atoms with Gasteiger partial charge in [-0.25, -0.2) is 0 Å². The Morgan fingerprint density at radius 3 is 2.48 bits per heavy atom. The Morgan fingerprint density at radius 1 is 0.926 bits per heavy atom. The summed E-state index contributed by atoms with van der Waals surface area (Å²) in [4.78, 5) is 19.3. The molecular formula is C20H30N4O3. The first-order valence-corrected chi connectivity index (χ1v) is 10.1. The van der Waals surface area contributed by atoms with Gasteiger partial charge in [-0.15, -0.1) is 0 Å². The molecule has 3 heterocycles. The van der Waals surface area contributed by atoms with Gasteiger partial charge < -0.3 is 19.7 Å². The fourth-order valence-electron chi connectivity index (χ4n) is 4.02. The largest absolute Gasteiger partial charge is 0.454 e. The molecule has 0 aromatic heterocycles. The normalized spacial score (nSPS) is 20.9. The first-order chi connectivity index (χ1) is 13.3. The zero-order valence-electron chi connectivity index (χ0n) is 16.0. The lowest BCUT2D eigenvalue weighted by Gasteiger charge is -2.34. The van der Waals surface area contributed by atoms with Crippen LogP contribution in [0.2, 0.25) is 0 Å². The van der Waals surface area contributed by atoms with Crippen LogP contribution >= 0.6 is 0 Å². The van der Waals surface area contributed by atoms with E-state index in [1.54, 1.807) is 0 Å². The van der Waals surface area contributed by atoms with E-state index in [4.69, 9.17) is 9.47 Å². The van der Waals surface area contributed by atoms with E-state index in [9.17, 15) is 4.79 Å². The van der Waals surface area contributed by atoms with E-state index in [1.807, 2.05) is 6.07 Å². The highest BCUT2D eigenvalue weighted by Gasteiger charge is 2.20. The van der Waals surface area contributed by atoms with E-state index in [1.165, 1.54) is 31.5 Å². The number of carbonyl (C=O) groups is 1. The number of nitrogens with zero attached hydrogens (tertiary/aromatic N) is 3. The van der Waals surface area contributed by atoms with Gasteiger partial charge in [0.1, 0.15) is 0 Å². The van der Waals surface area contributed by atoms with Crippen LogP contribution in [0.5, 0.6) is 11.5 Å². The summed E-state index contributed by atoms with van der Waals surface area (Å²) in [5.74, 6) is 1.83. The third-order valence-electron chi connectivity index (χ3n) is 5.62. The monoisotopic (exact) mass is 374 g/mol. The lowest BCUT2D eigenvalue weighted by Crippen LogP contribution is -2.49. The molecule has 0 spiro atoms. The van der Waals surface area contributed by atoms with Gasteiger partial charge in [0.15, 0.2) is 11.5 Å². The number of benzene rings is 1. The lowest BCUT2D eigenvalue weighted by molar-refractivity contribution is -0.122. The van der Waals surface area contributed by atoms with Crippen molar-refractivity contribution < 1.29 is 14.3 Å². The molecule has 3 aliphatic rings. The number of amides is 1. The van der Waals surface area contributed by atoms with Gasteiger partial charge in [0.2, 0.25) is 12.7 Å². The standard InChI is InChI=1S/C20H30N4O3/c25-20(21-5-8-22-6-1-2-7-22)15-24-11-9-23(10-12-24)14-17-3-4-18-19(13-17)27-16-26-18/h3-4,13H,1-2,5-12,14-16H2,(H,21,25). The van der Waals surface area contributed by atoms with Crippen molar-refractivity contribution in [2.24, 2.45) is 0 Å². The molecule has 1 aromatic rings. The molecule has 3 aliphatic heterocycles. The number of rotatable bonds is 7. The zero-order chi connectivity index (χ0) is 18.5. The van der Waals surface area contributed by atoms with E-state index >= 15 is 0 Å². The van der Waals surface area contributed by atoms with Crippen molar-refractivity contribution >= 4 is 5.91 Å². The zero-order valence-corrected chi connectivity index (χ0v) is 16.0. The predicted octanol–water partition coefficient (Wildman–Crippen LogP) is 0.745. The number of carbonyl (C=O) groups excluding carboxylic acids is 1. The fraction of sp³-hybridized carbons (Fsp3) is 0.650. The van der Waals surface area contributed by atoms with Crippen LogP contribution in [0.1, 0.15) is 18.4 Å². The highest BCUT2D eigenvalue weighted by atomic mass is 16.7. The van der Waals surface area contributed by atoms with Crippen LogP contribution in [0.15, 0.2) is 18.2 Å². The molecular weight excluding hydrogens is 344 g/mol. The quantitative estimate of drug-likeness (QED) is 0.760. The van der Waals surface area contributed by atoms with Gasteiger partial charge in [-0.3, -0.25) is 14.6 Å². The number of hydrogen-bond donors (Lipinski definition) is 1. The van der Waals surface area contributed by atoms with Crippen LogP contribution in [0.4, 0.5) is 0 Å². The maximum atomic E-state index is 12.2. The van der Waals surface area contributed by atoms with Gasteiger partial charge in [-0.2, -0.15) is 0 Å². The highest BCUT2D eigenvalue weighted by Crippen LogP contribution is 2.32. The van der Waals surface area contributed by atoms with Crippen molar-refractivity contribution in [3.63, 3.8) is 0 Å². The molecule has 0 radical (unpaired) electrons. The summed E-state index contributed by atoms with van der Waals surface area (Å²) in [7, 11) is 0. The van der Waals surface area contributed by atoms with Crippen LogP contribution in [0.25, 0.3) is 0 Å². The summed E-state index contributed by atoms with van der Waals surface area (Å²) < 4.78 is 10.8. The summed E-state index contributed by atoms with van der Waals surface area (Å²) in [5, 5.41) is 3.07. The van der Waals surface area contributed by atoms with Crippen molar-refractivity contribution in [2.45, 2.75) is 19.4 Å². The number of piperazine rings is 1.